The van der Waals surface area contributed by atoms with Crippen molar-refractivity contribution in [2.45, 2.75) is 26.0 Å². The summed E-state index contributed by atoms with van der Waals surface area (Å²) in [4.78, 5) is 1.87. The van der Waals surface area contributed by atoms with Gasteiger partial charge in [-0.15, -0.1) is 0 Å². The molecule has 3 nitrogen and oxygen atoms in total. The molecule has 0 aliphatic carbocycles. The quantitative estimate of drug-likeness (QED) is 0.848. The van der Waals surface area contributed by atoms with Gasteiger partial charge in [-0.3, -0.25) is 0 Å². The monoisotopic (exact) mass is 222 g/mol. The summed E-state index contributed by atoms with van der Waals surface area (Å²) in [5.41, 5.74) is 1.29. The fourth-order valence-corrected chi connectivity index (χ4v) is 1.53. The van der Waals surface area contributed by atoms with Crippen LogP contribution in [-0.2, 0) is 6.61 Å². The summed E-state index contributed by atoms with van der Waals surface area (Å²) in [6, 6.07) is 6.40. The van der Waals surface area contributed by atoms with Gasteiger partial charge in [-0.1, -0.05) is 0 Å². The van der Waals surface area contributed by atoms with Crippen molar-refractivity contribution < 1.29 is 9.50 Å². The molecule has 1 aromatic rings. The van der Waals surface area contributed by atoms with Crippen molar-refractivity contribution in [2.75, 3.05) is 11.9 Å². The van der Waals surface area contributed by atoms with E-state index in [4.69, 9.17) is 10.4 Å². The second kappa shape index (κ2) is 5.47. The molecule has 4 heteroatoms. The summed E-state index contributed by atoms with van der Waals surface area (Å²) in [6.45, 7) is 1.70. The summed E-state index contributed by atoms with van der Waals surface area (Å²) >= 11 is 0. The number of nitrogens with zero attached hydrogens (tertiary/aromatic N) is 2. The fraction of sp³-hybridized carbons (Fsp3) is 0.417. The van der Waals surface area contributed by atoms with E-state index in [1.54, 1.807) is 6.07 Å². The Bertz CT molecular complexity index is 400. The Morgan fingerprint density at radius 3 is 2.81 bits per heavy atom. The van der Waals surface area contributed by atoms with E-state index in [2.05, 4.69) is 6.07 Å². The molecule has 0 aliphatic heterocycles. The first-order valence-corrected chi connectivity index (χ1v) is 5.09. The zero-order chi connectivity index (χ0) is 12.1. The predicted molar refractivity (Wildman–Crippen MR) is 60.4 cm³/mol. The van der Waals surface area contributed by atoms with Crippen molar-refractivity contribution >= 4 is 5.69 Å². The van der Waals surface area contributed by atoms with Crippen LogP contribution in [0.1, 0.15) is 18.9 Å². The Morgan fingerprint density at radius 2 is 2.25 bits per heavy atom. The molecule has 0 saturated heterocycles. The number of aliphatic hydroxyl groups excluding tert-OH is 1. The zero-order valence-electron chi connectivity index (χ0n) is 9.44. The lowest BCUT2D eigenvalue weighted by molar-refractivity contribution is 0.281. The number of halogens is 1. The van der Waals surface area contributed by atoms with E-state index in [1.165, 1.54) is 12.1 Å². The van der Waals surface area contributed by atoms with Crippen molar-refractivity contribution in [3.8, 4) is 6.07 Å². The molecule has 0 bridgehead atoms. The molecule has 0 heterocycles. The predicted octanol–water partition coefficient (Wildman–Crippen LogP) is 2.06. The molecule has 1 unspecified atom stereocenters. The van der Waals surface area contributed by atoms with Crippen LogP contribution in [-0.4, -0.2) is 18.2 Å². The first-order chi connectivity index (χ1) is 7.60. The van der Waals surface area contributed by atoms with Crippen molar-refractivity contribution in [1.29, 1.82) is 5.26 Å². The SMILES string of the molecule is CC(CC#N)N(C)c1ccc(F)cc1CO. The molecule has 0 aromatic heterocycles. The Balaban J connectivity index is 2.99. The fourth-order valence-electron chi connectivity index (χ4n) is 1.53. The lowest BCUT2D eigenvalue weighted by Gasteiger charge is -2.27. The highest BCUT2D eigenvalue weighted by molar-refractivity contribution is 5.53. The number of benzene rings is 1. The third-order valence-corrected chi connectivity index (χ3v) is 2.64. The Kier molecular flexibility index (Phi) is 4.27. The maximum atomic E-state index is 13.0. The van der Waals surface area contributed by atoms with E-state index in [0.29, 0.717) is 12.0 Å². The number of rotatable bonds is 4. The third-order valence-electron chi connectivity index (χ3n) is 2.64. The number of anilines is 1. The van der Waals surface area contributed by atoms with E-state index in [9.17, 15) is 4.39 Å². The number of hydrogen-bond acceptors (Lipinski definition) is 3. The van der Waals surface area contributed by atoms with Gasteiger partial charge in [0.15, 0.2) is 0 Å². The van der Waals surface area contributed by atoms with Gasteiger partial charge in [0.25, 0.3) is 0 Å². The third kappa shape index (κ3) is 2.71. The molecule has 1 atom stereocenters. The molecule has 86 valence electrons. The lowest BCUT2D eigenvalue weighted by atomic mass is 10.1. The second-order valence-electron chi connectivity index (χ2n) is 3.75. The average Bonchev–Trinajstić information content (AvgIpc) is 2.28. The van der Waals surface area contributed by atoms with Crippen molar-refractivity contribution in [3.63, 3.8) is 0 Å². The number of hydrogen-bond donors (Lipinski definition) is 1. The van der Waals surface area contributed by atoms with Gasteiger partial charge in [0, 0.05) is 24.3 Å². The van der Waals surface area contributed by atoms with Gasteiger partial charge in [0.2, 0.25) is 0 Å². The largest absolute Gasteiger partial charge is 0.392 e. The van der Waals surface area contributed by atoms with E-state index in [-0.39, 0.29) is 18.5 Å². The van der Waals surface area contributed by atoms with Crippen molar-refractivity contribution in [3.05, 3.63) is 29.6 Å². The molecule has 0 amide bonds. The highest BCUT2D eigenvalue weighted by atomic mass is 19.1. The van der Waals surface area contributed by atoms with Crippen LogP contribution >= 0.6 is 0 Å². The zero-order valence-corrected chi connectivity index (χ0v) is 9.44. The van der Waals surface area contributed by atoms with Crippen LogP contribution in [0.2, 0.25) is 0 Å². The van der Waals surface area contributed by atoms with E-state index < -0.39 is 0 Å². The van der Waals surface area contributed by atoms with Crippen LogP contribution in [0, 0.1) is 17.1 Å². The van der Waals surface area contributed by atoms with Crippen LogP contribution in [0.4, 0.5) is 10.1 Å². The maximum Gasteiger partial charge on any atom is 0.123 e. The molecule has 16 heavy (non-hydrogen) atoms. The molecule has 0 spiro atoms. The molecular formula is C12H15FN2O. The highest BCUT2D eigenvalue weighted by Crippen LogP contribution is 2.23. The van der Waals surface area contributed by atoms with Gasteiger partial charge in [-0.05, 0) is 25.1 Å². The number of nitriles is 1. The minimum absolute atomic E-state index is 0.0285. The minimum Gasteiger partial charge on any atom is -0.392 e. The highest BCUT2D eigenvalue weighted by Gasteiger charge is 2.13. The summed E-state index contributed by atoms with van der Waals surface area (Å²) in [5.74, 6) is -0.367. The maximum absolute atomic E-state index is 13.0. The smallest absolute Gasteiger partial charge is 0.123 e. The summed E-state index contributed by atoms with van der Waals surface area (Å²) in [6.07, 6.45) is 0.388. The van der Waals surface area contributed by atoms with Gasteiger partial charge in [-0.25, -0.2) is 4.39 Å². The Morgan fingerprint density at radius 1 is 1.56 bits per heavy atom. The summed E-state index contributed by atoms with van der Waals surface area (Å²) in [7, 11) is 1.83. The van der Waals surface area contributed by atoms with Gasteiger partial charge in [-0.2, -0.15) is 5.26 Å². The van der Waals surface area contributed by atoms with Gasteiger partial charge >= 0.3 is 0 Å². The van der Waals surface area contributed by atoms with Crippen LogP contribution in [0.25, 0.3) is 0 Å². The first-order valence-electron chi connectivity index (χ1n) is 5.09. The molecule has 0 saturated carbocycles. The van der Waals surface area contributed by atoms with E-state index >= 15 is 0 Å². The van der Waals surface area contributed by atoms with Gasteiger partial charge in [0.05, 0.1) is 19.1 Å². The van der Waals surface area contributed by atoms with Crippen molar-refractivity contribution in [2.24, 2.45) is 0 Å². The van der Waals surface area contributed by atoms with Crippen LogP contribution < -0.4 is 4.90 Å². The Labute approximate surface area is 94.7 Å². The van der Waals surface area contributed by atoms with Gasteiger partial charge in [0.1, 0.15) is 5.82 Å². The standard InChI is InChI=1S/C12H15FN2O/c1-9(5-6-14)15(2)12-4-3-11(13)7-10(12)8-16/h3-4,7,9,16H,5,8H2,1-2H3. The van der Waals surface area contributed by atoms with E-state index in [1.807, 2.05) is 18.9 Å². The molecular weight excluding hydrogens is 207 g/mol. The Hall–Kier alpha value is -1.60. The normalized spacial score (nSPS) is 11.9. The number of aliphatic hydroxyl groups is 1. The second-order valence-corrected chi connectivity index (χ2v) is 3.75. The average molecular weight is 222 g/mol. The molecule has 1 rings (SSSR count). The van der Waals surface area contributed by atoms with Gasteiger partial charge < -0.3 is 10.0 Å². The molecule has 0 radical (unpaired) electrons. The van der Waals surface area contributed by atoms with Crippen molar-refractivity contribution in [1.82, 2.24) is 0 Å². The van der Waals surface area contributed by atoms with E-state index in [0.717, 1.165) is 5.69 Å². The van der Waals surface area contributed by atoms with Crippen LogP contribution in [0.15, 0.2) is 18.2 Å². The van der Waals surface area contributed by atoms with Crippen LogP contribution in [0.3, 0.4) is 0 Å². The minimum atomic E-state index is -0.367. The molecule has 1 N–H and O–H groups in total. The molecule has 0 fully saturated rings. The first kappa shape index (κ1) is 12.5. The summed E-state index contributed by atoms with van der Waals surface area (Å²) in [5, 5.41) is 17.8. The van der Waals surface area contributed by atoms with Crippen LogP contribution in [0.5, 0.6) is 0 Å². The molecule has 0 aliphatic rings. The summed E-state index contributed by atoms with van der Waals surface area (Å²) < 4.78 is 13.0. The lowest BCUT2D eigenvalue weighted by Crippen LogP contribution is -2.29. The molecule has 1 aromatic carbocycles. The topological polar surface area (TPSA) is 47.3 Å².